The second-order valence-corrected chi connectivity index (χ2v) is 4.74. The summed E-state index contributed by atoms with van der Waals surface area (Å²) in [6, 6.07) is 15.3. The third kappa shape index (κ3) is 3.80. The van der Waals surface area contributed by atoms with Gasteiger partial charge in [-0.25, -0.2) is 4.79 Å². The molecule has 0 bridgehead atoms. The lowest BCUT2D eigenvalue weighted by Crippen LogP contribution is -2.14. The van der Waals surface area contributed by atoms with Gasteiger partial charge in [-0.2, -0.15) is 5.26 Å². The van der Waals surface area contributed by atoms with Crippen LogP contribution in [0.5, 0.6) is 0 Å². The number of benzene rings is 2. The lowest BCUT2D eigenvalue weighted by atomic mass is 10.1. The minimum absolute atomic E-state index is 0.246. The van der Waals surface area contributed by atoms with Crippen molar-refractivity contribution in [1.82, 2.24) is 0 Å². The molecule has 22 heavy (non-hydrogen) atoms. The molecule has 0 heterocycles. The van der Waals surface area contributed by atoms with Crippen LogP contribution in [-0.4, -0.2) is 18.4 Å². The molecule has 0 atom stereocenters. The normalized spacial score (nSPS) is 9.82. The zero-order chi connectivity index (χ0) is 15.9. The van der Waals surface area contributed by atoms with Crippen LogP contribution in [0.25, 0.3) is 0 Å². The van der Waals surface area contributed by atoms with Crippen molar-refractivity contribution in [3.05, 3.63) is 70.8 Å². The minimum Gasteiger partial charge on any atom is -0.454 e. The van der Waals surface area contributed by atoms with Gasteiger partial charge in [0.1, 0.15) is 0 Å². The Labute approximate surface area is 129 Å². The van der Waals surface area contributed by atoms with Crippen LogP contribution in [0.4, 0.5) is 0 Å². The summed E-state index contributed by atoms with van der Waals surface area (Å²) >= 11 is 0. The van der Waals surface area contributed by atoms with Crippen LogP contribution >= 0.6 is 0 Å². The van der Waals surface area contributed by atoms with E-state index in [0.717, 1.165) is 12.0 Å². The first-order valence-corrected chi connectivity index (χ1v) is 6.93. The number of carbonyl (C=O) groups excluding carboxylic acids is 2. The Morgan fingerprint density at radius 2 is 1.59 bits per heavy atom. The maximum absolute atomic E-state index is 12.0. The molecule has 0 aliphatic heterocycles. The second kappa shape index (κ2) is 7.19. The van der Waals surface area contributed by atoms with Crippen LogP contribution in [0.3, 0.4) is 0 Å². The molecule has 2 rings (SSSR count). The van der Waals surface area contributed by atoms with Crippen molar-refractivity contribution >= 4 is 11.8 Å². The van der Waals surface area contributed by atoms with Crippen LogP contribution in [0.2, 0.25) is 0 Å². The SMILES string of the molecule is CCc1ccc(C(=O)COC(=O)c2ccc(C#N)cc2)cc1. The number of esters is 1. The van der Waals surface area contributed by atoms with E-state index in [1.807, 2.05) is 25.1 Å². The first-order chi connectivity index (χ1) is 10.6. The molecule has 2 aromatic carbocycles. The second-order valence-electron chi connectivity index (χ2n) is 4.74. The highest BCUT2D eigenvalue weighted by atomic mass is 16.5. The summed E-state index contributed by atoms with van der Waals surface area (Å²) in [5.41, 5.74) is 2.44. The van der Waals surface area contributed by atoms with E-state index < -0.39 is 5.97 Å². The van der Waals surface area contributed by atoms with E-state index in [4.69, 9.17) is 10.00 Å². The van der Waals surface area contributed by atoms with Gasteiger partial charge in [-0.1, -0.05) is 31.2 Å². The predicted molar refractivity (Wildman–Crippen MR) is 81.6 cm³/mol. The molecule has 0 N–H and O–H groups in total. The fraction of sp³-hybridized carbons (Fsp3) is 0.167. The number of nitriles is 1. The van der Waals surface area contributed by atoms with E-state index in [2.05, 4.69) is 0 Å². The molecule has 2 aromatic rings. The molecule has 0 spiro atoms. The lowest BCUT2D eigenvalue weighted by Gasteiger charge is -2.05. The van der Waals surface area contributed by atoms with Gasteiger partial charge in [-0.15, -0.1) is 0 Å². The quantitative estimate of drug-likeness (QED) is 0.627. The summed E-state index contributed by atoms with van der Waals surface area (Å²) in [5, 5.41) is 8.70. The third-order valence-corrected chi connectivity index (χ3v) is 3.27. The number of Topliss-reactive ketones (excluding diaryl/α,β-unsaturated/α-hetero) is 1. The lowest BCUT2D eigenvalue weighted by molar-refractivity contribution is 0.0475. The number of hydrogen-bond acceptors (Lipinski definition) is 4. The van der Waals surface area contributed by atoms with Gasteiger partial charge in [0.15, 0.2) is 12.4 Å². The van der Waals surface area contributed by atoms with Crippen LogP contribution in [0.15, 0.2) is 48.5 Å². The maximum atomic E-state index is 12.0. The molecule has 0 unspecified atom stereocenters. The smallest absolute Gasteiger partial charge is 0.338 e. The Morgan fingerprint density at radius 3 is 2.14 bits per heavy atom. The van der Waals surface area contributed by atoms with Gasteiger partial charge in [0.05, 0.1) is 17.2 Å². The van der Waals surface area contributed by atoms with E-state index in [1.165, 1.54) is 24.3 Å². The standard InChI is InChI=1S/C18H15NO3/c1-2-13-3-7-15(8-4-13)17(20)12-22-18(21)16-9-5-14(11-19)6-10-16/h3-10H,2,12H2,1H3. The summed E-state index contributed by atoms with van der Waals surface area (Å²) < 4.78 is 5.00. The van der Waals surface area contributed by atoms with Gasteiger partial charge in [0, 0.05) is 5.56 Å². The highest BCUT2D eigenvalue weighted by Gasteiger charge is 2.11. The summed E-state index contributed by atoms with van der Waals surface area (Å²) in [6.45, 7) is 1.74. The molecular formula is C18H15NO3. The molecule has 4 nitrogen and oxygen atoms in total. The highest BCUT2D eigenvalue weighted by Crippen LogP contribution is 2.08. The number of nitrogens with zero attached hydrogens (tertiary/aromatic N) is 1. The zero-order valence-electron chi connectivity index (χ0n) is 12.2. The molecule has 4 heteroatoms. The van der Waals surface area contributed by atoms with E-state index >= 15 is 0 Å². The Bertz CT molecular complexity index is 709. The maximum Gasteiger partial charge on any atom is 0.338 e. The molecule has 0 aliphatic rings. The highest BCUT2D eigenvalue weighted by molar-refractivity contribution is 5.99. The molecular weight excluding hydrogens is 278 g/mol. The minimum atomic E-state index is -0.581. The van der Waals surface area contributed by atoms with E-state index in [0.29, 0.717) is 16.7 Å². The summed E-state index contributed by atoms with van der Waals surface area (Å²) in [6.07, 6.45) is 0.905. The van der Waals surface area contributed by atoms with E-state index in [1.54, 1.807) is 12.1 Å². The first kappa shape index (κ1) is 15.5. The Kier molecular flexibility index (Phi) is 5.05. The summed E-state index contributed by atoms with van der Waals surface area (Å²) in [4.78, 5) is 23.8. The van der Waals surface area contributed by atoms with Gasteiger partial charge in [-0.3, -0.25) is 4.79 Å². The number of ether oxygens (including phenoxy) is 1. The Morgan fingerprint density at radius 1 is 1.00 bits per heavy atom. The number of hydrogen-bond donors (Lipinski definition) is 0. The van der Waals surface area contributed by atoms with Crippen molar-refractivity contribution in [2.45, 2.75) is 13.3 Å². The Balaban J connectivity index is 1.94. The topological polar surface area (TPSA) is 67.2 Å². The average Bonchev–Trinajstić information content (AvgIpc) is 2.59. The molecule has 110 valence electrons. The van der Waals surface area contributed by atoms with Gasteiger partial charge in [0.2, 0.25) is 0 Å². The number of rotatable bonds is 5. The van der Waals surface area contributed by atoms with Gasteiger partial charge >= 0.3 is 5.97 Å². The zero-order valence-corrected chi connectivity index (χ0v) is 12.2. The number of ketones is 1. The van der Waals surface area contributed by atoms with Crippen LogP contribution < -0.4 is 0 Å². The largest absolute Gasteiger partial charge is 0.454 e. The molecule has 0 radical (unpaired) electrons. The predicted octanol–water partition coefficient (Wildman–Crippen LogP) is 3.16. The summed E-state index contributed by atoms with van der Waals surface area (Å²) in [5.74, 6) is -0.826. The average molecular weight is 293 g/mol. The van der Waals surface area contributed by atoms with Crippen molar-refractivity contribution < 1.29 is 14.3 Å². The summed E-state index contributed by atoms with van der Waals surface area (Å²) in [7, 11) is 0. The van der Waals surface area contributed by atoms with Crippen molar-refractivity contribution in [2.24, 2.45) is 0 Å². The Hall–Kier alpha value is -2.93. The van der Waals surface area contributed by atoms with Crippen LogP contribution in [0, 0.1) is 11.3 Å². The molecule has 0 aliphatic carbocycles. The third-order valence-electron chi connectivity index (χ3n) is 3.27. The number of carbonyl (C=O) groups is 2. The van der Waals surface area contributed by atoms with Crippen molar-refractivity contribution in [3.63, 3.8) is 0 Å². The fourth-order valence-electron chi connectivity index (χ4n) is 1.90. The monoisotopic (exact) mass is 293 g/mol. The van der Waals surface area contributed by atoms with Crippen molar-refractivity contribution in [3.8, 4) is 6.07 Å². The van der Waals surface area contributed by atoms with E-state index in [-0.39, 0.29) is 12.4 Å². The number of aryl methyl sites for hydroxylation is 1. The molecule has 0 amide bonds. The van der Waals surface area contributed by atoms with Crippen molar-refractivity contribution in [2.75, 3.05) is 6.61 Å². The molecule has 0 fully saturated rings. The van der Waals surface area contributed by atoms with Crippen LogP contribution in [-0.2, 0) is 11.2 Å². The fourth-order valence-corrected chi connectivity index (χ4v) is 1.90. The van der Waals surface area contributed by atoms with Crippen LogP contribution in [0.1, 0.15) is 38.8 Å². The van der Waals surface area contributed by atoms with Gasteiger partial charge in [0.25, 0.3) is 0 Å². The molecule has 0 aromatic heterocycles. The van der Waals surface area contributed by atoms with Crippen molar-refractivity contribution in [1.29, 1.82) is 5.26 Å². The molecule has 0 saturated heterocycles. The molecule has 0 saturated carbocycles. The van der Waals surface area contributed by atoms with Gasteiger partial charge < -0.3 is 4.74 Å². The first-order valence-electron chi connectivity index (χ1n) is 6.93. The van der Waals surface area contributed by atoms with E-state index in [9.17, 15) is 9.59 Å². The van der Waals surface area contributed by atoms with Gasteiger partial charge in [-0.05, 0) is 36.2 Å².